The molecule has 1 aliphatic rings. The number of nitrogens with one attached hydrogen (secondary N) is 1. The van der Waals surface area contributed by atoms with E-state index >= 15 is 0 Å². The first-order chi connectivity index (χ1) is 13.2. The average molecular weight is 469 g/mol. The van der Waals surface area contributed by atoms with Crippen molar-refractivity contribution in [3.8, 4) is 0 Å². The van der Waals surface area contributed by atoms with Crippen molar-refractivity contribution < 1.29 is 13.2 Å². The number of piperidine rings is 1. The molecule has 28 heavy (non-hydrogen) atoms. The Kier molecular flexibility index (Phi) is 6.26. The molecule has 9 heteroatoms. The summed E-state index contributed by atoms with van der Waals surface area (Å²) < 4.78 is 30.1. The van der Waals surface area contributed by atoms with E-state index < -0.39 is 10.0 Å². The van der Waals surface area contributed by atoms with E-state index in [1.54, 1.807) is 13.8 Å². The molecule has 1 aromatic heterocycles. The van der Waals surface area contributed by atoms with Crippen LogP contribution in [0.5, 0.6) is 0 Å². The van der Waals surface area contributed by atoms with Crippen LogP contribution in [0.3, 0.4) is 0 Å². The van der Waals surface area contributed by atoms with Gasteiger partial charge in [0.15, 0.2) is 0 Å². The van der Waals surface area contributed by atoms with Gasteiger partial charge >= 0.3 is 0 Å². The van der Waals surface area contributed by atoms with Gasteiger partial charge in [-0.2, -0.15) is 9.40 Å². The third-order valence-corrected chi connectivity index (χ3v) is 7.63. The summed E-state index contributed by atoms with van der Waals surface area (Å²) in [6.45, 7) is 6.32. The van der Waals surface area contributed by atoms with E-state index in [-0.39, 0.29) is 17.3 Å². The number of amides is 1. The van der Waals surface area contributed by atoms with Gasteiger partial charge in [-0.3, -0.25) is 9.48 Å². The van der Waals surface area contributed by atoms with Gasteiger partial charge in [-0.25, -0.2) is 8.42 Å². The number of hydrogen-bond acceptors (Lipinski definition) is 4. The molecular formula is C19H25BrN4O3S. The molecule has 1 aliphatic heterocycles. The summed E-state index contributed by atoms with van der Waals surface area (Å²) in [5.74, 6) is -0.252. The van der Waals surface area contributed by atoms with Crippen LogP contribution in [0.25, 0.3) is 0 Å². The van der Waals surface area contributed by atoms with E-state index in [0.717, 1.165) is 35.0 Å². The predicted molar refractivity (Wildman–Crippen MR) is 112 cm³/mol. The number of rotatable bonds is 5. The monoisotopic (exact) mass is 468 g/mol. The molecule has 0 radical (unpaired) electrons. The second-order valence-corrected chi connectivity index (χ2v) is 9.92. The molecule has 7 nitrogen and oxygen atoms in total. The molecular weight excluding hydrogens is 444 g/mol. The predicted octanol–water partition coefficient (Wildman–Crippen LogP) is 3.38. The van der Waals surface area contributed by atoms with Crippen LogP contribution in [0.4, 0.5) is 5.69 Å². The normalized spacial score (nSPS) is 15.6. The smallest absolute Gasteiger partial charge is 0.246 e. The van der Waals surface area contributed by atoms with Gasteiger partial charge in [0, 0.05) is 23.2 Å². The summed E-state index contributed by atoms with van der Waals surface area (Å²) in [7, 11) is -3.60. The minimum atomic E-state index is -3.60. The first-order valence-electron chi connectivity index (χ1n) is 9.30. The molecule has 1 N–H and O–H groups in total. The average Bonchev–Trinajstić information content (AvgIpc) is 2.92. The number of nitrogens with zero attached hydrogens (tertiary/aromatic N) is 3. The Morgan fingerprint density at radius 3 is 2.50 bits per heavy atom. The summed E-state index contributed by atoms with van der Waals surface area (Å²) in [6.07, 6.45) is 2.81. The molecule has 0 bridgehead atoms. The molecule has 0 unspecified atom stereocenters. The van der Waals surface area contributed by atoms with Crippen LogP contribution < -0.4 is 5.32 Å². The zero-order valence-corrected chi connectivity index (χ0v) is 18.7. The third-order valence-electron chi connectivity index (χ3n) is 4.98. The summed E-state index contributed by atoms with van der Waals surface area (Å²) >= 11 is 3.40. The van der Waals surface area contributed by atoms with Crippen molar-refractivity contribution in [1.29, 1.82) is 0 Å². The van der Waals surface area contributed by atoms with Gasteiger partial charge in [0.1, 0.15) is 11.4 Å². The molecule has 1 aromatic carbocycles. The van der Waals surface area contributed by atoms with Gasteiger partial charge in [0.05, 0.1) is 11.4 Å². The SMILES string of the molecule is Cc1cc(Br)ccc1NC(=O)Cn1nc(C)c(S(=O)(=O)N2CCCCC2)c1C. The van der Waals surface area contributed by atoms with Gasteiger partial charge in [0.2, 0.25) is 15.9 Å². The second kappa shape index (κ2) is 8.34. The number of carbonyl (C=O) groups excluding carboxylic acids is 1. The van der Waals surface area contributed by atoms with Crippen molar-refractivity contribution in [2.24, 2.45) is 0 Å². The molecule has 152 valence electrons. The highest BCUT2D eigenvalue weighted by atomic mass is 79.9. The van der Waals surface area contributed by atoms with Crippen molar-refractivity contribution >= 4 is 37.5 Å². The Morgan fingerprint density at radius 1 is 1.18 bits per heavy atom. The van der Waals surface area contributed by atoms with E-state index in [1.807, 2.05) is 25.1 Å². The third kappa shape index (κ3) is 4.31. The van der Waals surface area contributed by atoms with Crippen LogP contribution >= 0.6 is 15.9 Å². The van der Waals surface area contributed by atoms with Crippen molar-refractivity contribution in [3.63, 3.8) is 0 Å². The number of benzene rings is 1. The fourth-order valence-electron chi connectivity index (χ4n) is 3.54. The van der Waals surface area contributed by atoms with E-state index in [1.165, 1.54) is 8.99 Å². The number of halogens is 1. The molecule has 0 atom stereocenters. The number of aromatic nitrogens is 2. The van der Waals surface area contributed by atoms with Crippen molar-refractivity contribution in [2.45, 2.75) is 51.5 Å². The largest absolute Gasteiger partial charge is 0.324 e. The molecule has 0 spiro atoms. The molecule has 0 saturated carbocycles. The fraction of sp³-hybridized carbons (Fsp3) is 0.474. The lowest BCUT2D eigenvalue weighted by molar-refractivity contribution is -0.116. The van der Waals surface area contributed by atoms with E-state index in [2.05, 4.69) is 26.3 Å². The summed E-state index contributed by atoms with van der Waals surface area (Å²) in [5.41, 5.74) is 2.57. The fourth-order valence-corrected chi connectivity index (χ4v) is 5.90. The zero-order chi connectivity index (χ0) is 20.5. The van der Waals surface area contributed by atoms with E-state index in [9.17, 15) is 13.2 Å². The Labute approximate surface area is 174 Å². The van der Waals surface area contributed by atoms with Gasteiger partial charge < -0.3 is 5.32 Å². The lowest BCUT2D eigenvalue weighted by Crippen LogP contribution is -2.36. The zero-order valence-electron chi connectivity index (χ0n) is 16.3. The highest BCUT2D eigenvalue weighted by molar-refractivity contribution is 9.10. The van der Waals surface area contributed by atoms with Crippen LogP contribution in [0, 0.1) is 20.8 Å². The van der Waals surface area contributed by atoms with Gasteiger partial charge in [-0.05, 0) is 57.4 Å². The Morgan fingerprint density at radius 2 is 1.86 bits per heavy atom. The minimum absolute atomic E-state index is 0.0440. The molecule has 2 heterocycles. The van der Waals surface area contributed by atoms with E-state index in [0.29, 0.717) is 24.5 Å². The van der Waals surface area contributed by atoms with Crippen molar-refractivity contribution in [3.05, 3.63) is 39.6 Å². The lowest BCUT2D eigenvalue weighted by Gasteiger charge is -2.25. The second-order valence-electron chi connectivity index (χ2n) is 7.13. The molecule has 1 amide bonds. The van der Waals surface area contributed by atoms with E-state index in [4.69, 9.17) is 0 Å². The molecule has 2 aromatic rings. The summed E-state index contributed by atoms with van der Waals surface area (Å²) in [4.78, 5) is 12.7. The first-order valence-corrected chi connectivity index (χ1v) is 11.5. The topological polar surface area (TPSA) is 84.3 Å². The lowest BCUT2D eigenvalue weighted by atomic mass is 10.2. The number of carbonyl (C=O) groups is 1. The maximum atomic E-state index is 13.1. The Hall–Kier alpha value is -1.71. The molecule has 0 aliphatic carbocycles. The Bertz CT molecular complexity index is 995. The highest BCUT2D eigenvalue weighted by Crippen LogP contribution is 2.26. The van der Waals surface area contributed by atoms with Gasteiger partial charge in [-0.15, -0.1) is 0 Å². The van der Waals surface area contributed by atoms with Crippen LogP contribution in [0.1, 0.15) is 36.2 Å². The number of anilines is 1. The van der Waals surface area contributed by atoms with Crippen LogP contribution in [-0.2, 0) is 21.4 Å². The van der Waals surface area contributed by atoms with Crippen LogP contribution in [0.15, 0.2) is 27.6 Å². The molecule has 1 fully saturated rings. The van der Waals surface area contributed by atoms with Crippen LogP contribution in [0.2, 0.25) is 0 Å². The number of hydrogen-bond donors (Lipinski definition) is 1. The first kappa shape index (κ1) is 21.0. The quantitative estimate of drug-likeness (QED) is 0.728. The molecule has 1 saturated heterocycles. The standard InChI is InChI=1S/C19H25BrN4O3S/c1-13-11-16(20)7-8-17(13)21-18(25)12-24-15(3)19(14(2)22-24)28(26,27)23-9-5-4-6-10-23/h7-8,11H,4-6,9-10,12H2,1-3H3,(H,21,25). The number of aryl methyl sites for hydroxylation is 2. The minimum Gasteiger partial charge on any atom is -0.324 e. The van der Waals surface area contributed by atoms with Gasteiger partial charge in [0.25, 0.3) is 0 Å². The summed E-state index contributed by atoms with van der Waals surface area (Å²) in [5, 5.41) is 7.20. The van der Waals surface area contributed by atoms with Gasteiger partial charge in [-0.1, -0.05) is 22.4 Å². The number of sulfonamides is 1. The Balaban J connectivity index is 1.80. The van der Waals surface area contributed by atoms with Crippen LogP contribution in [-0.4, -0.2) is 41.5 Å². The maximum absolute atomic E-state index is 13.1. The molecule has 3 rings (SSSR count). The van der Waals surface area contributed by atoms with Crippen molar-refractivity contribution in [1.82, 2.24) is 14.1 Å². The highest BCUT2D eigenvalue weighted by Gasteiger charge is 2.32. The summed E-state index contributed by atoms with van der Waals surface area (Å²) in [6, 6.07) is 5.60. The maximum Gasteiger partial charge on any atom is 0.246 e. The van der Waals surface area contributed by atoms with Crippen molar-refractivity contribution in [2.75, 3.05) is 18.4 Å².